The first-order valence-electron chi connectivity index (χ1n) is 7.56. The van der Waals surface area contributed by atoms with Gasteiger partial charge in [-0.05, 0) is 25.5 Å². The molecule has 0 aliphatic carbocycles. The molecular formula is C16H21N3O3S2. The third-order valence-electron chi connectivity index (χ3n) is 3.38. The third kappa shape index (κ3) is 5.31. The lowest BCUT2D eigenvalue weighted by atomic mass is 10.4. The summed E-state index contributed by atoms with van der Waals surface area (Å²) in [5.41, 5.74) is 0.849. The van der Waals surface area contributed by atoms with Crippen molar-refractivity contribution in [3.8, 4) is 0 Å². The molecule has 1 heterocycles. The van der Waals surface area contributed by atoms with Crippen LogP contribution in [0.4, 0.5) is 4.79 Å². The second-order valence-electron chi connectivity index (χ2n) is 5.43. The van der Waals surface area contributed by atoms with E-state index < -0.39 is 9.84 Å². The van der Waals surface area contributed by atoms with E-state index in [1.165, 1.54) is 4.90 Å². The van der Waals surface area contributed by atoms with E-state index in [2.05, 4.69) is 10.3 Å². The van der Waals surface area contributed by atoms with E-state index in [0.29, 0.717) is 24.4 Å². The van der Waals surface area contributed by atoms with Crippen LogP contribution >= 0.6 is 11.3 Å². The molecule has 130 valence electrons. The van der Waals surface area contributed by atoms with Gasteiger partial charge in [-0.2, -0.15) is 0 Å². The number of hydrogen-bond donors (Lipinski definition) is 1. The molecule has 2 amide bonds. The minimum Gasteiger partial charge on any atom is -0.338 e. The Kier molecular flexibility index (Phi) is 6.33. The zero-order valence-corrected chi connectivity index (χ0v) is 15.4. The Morgan fingerprint density at radius 2 is 2.00 bits per heavy atom. The standard InChI is InChI=1S/C16H21N3O3S2/c1-13-18-14(12-23-13)11-19(2)16(20)17-9-6-10-24(21,22)15-7-4-3-5-8-15/h3-5,7-8,12H,6,9-11H2,1-2H3,(H,17,20). The van der Waals surface area contributed by atoms with Crippen molar-refractivity contribution in [1.29, 1.82) is 0 Å². The molecular weight excluding hydrogens is 346 g/mol. The van der Waals surface area contributed by atoms with Crippen molar-refractivity contribution in [3.63, 3.8) is 0 Å². The third-order valence-corrected chi connectivity index (χ3v) is 6.02. The molecule has 0 spiro atoms. The average Bonchev–Trinajstić information content (AvgIpc) is 2.97. The topological polar surface area (TPSA) is 79.4 Å². The normalized spacial score (nSPS) is 11.2. The van der Waals surface area contributed by atoms with Gasteiger partial charge in [-0.1, -0.05) is 18.2 Å². The molecule has 1 aromatic carbocycles. The van der Waals surface area contributed by atoms with Crippen LogP contribution in [0.2, 0.25) is 0 Å². The number of thiazole rings is 1. The highest BCUT2D eigenvalue weighted by Crippen LogP contribution is 2.11. The number of nitrogens with one attached hydrogen (secondary N) is 1. The molecule has 0 fully saturated rings. The lowest BCUT2D eigenvalue weighted by Crippen LogP contribution is -2.37. The Morgan fingerprint density at radius 1 is 1.29 bits per heavy atom. The van der Waals surface area contributed by atoms with Gasteiger partial charge in [-0.3, -0.25) is 0 Å². The van der Waals surface area contributed by atoms with Crippen molar-refractivity contribution in [2.45, 2.75) is 24.8 Å². The fourth-order valence-corrected chi connectivity index (χ4v) is 4.07. The number of nitrogens with zero attached hydrogens (tertiary/aromatic N) is 2. The molecule has 1 N–H and O–H groups in total. The van der Waals surface area contributed by atoms with Crippen LogP contribution in [-0.4, -0.2) is 43.7 Å². The van der Waals surface area contributed by atoms with Crippen molar-refractivity contribution in [3.05, 3.63) is 46.4 Å². The van der Waals surface area contributed by atoms with Gasteiger partial charge in [0, 0.05) is 19.0 Å². The Labute approximate surface area is 146 Å². The zero-order valence-electron chi connectivity index (χ0n) is 13.7. The molecule has 0 bridgehead atoms. The number of aromatic nitrogens is 1. The minimum atomic E-state index is -3.30. The molecule has 2 aromatic rings. The molecule has 2 rings (SSSR count). The van der Waals surface area contributed by atoms with Gasteiger partial charge < -0.3 is 10.2 Å². The van der Waals surface area contributed by atoms with Crippen LogP contribution in [0, 0.1) is 6.92 Å². The highest BCUT2D eigenvalue weighted by molar-refractivity contribution is 7.91. The van der Waals surface area contributed by atoms with Gasteiger partial charge in [-0.15, -0.1) is 11.3 Å². The van der Waals surface area contributed by atoms with Crippen LogP contribution < -0.4 is 5.32 Å². The second-order valence-corrected chi connectivity index (χ2v) is 8.60. The summed E-state index contributed by atoms with van der Waals surface area (Å²) in [5, 5.41) is 5.62. The number of aryl methyl sites for hydroxylation is 1. The van der Waals surface area contributed by atoms with E-state index in [1.54, 1.807) is 48.7 Å². The number of amides is 2. The van der Waals surface area contributed by atoms with Crippen LogP contribution in [-0.2, 0) is 16.4 Å². The van der Waals surface area contributed by atoms with Crippen LogP contribution in [0.15, 0.2) is 40.6 Å². The number of sulfone groups is 1. The number of carbonyl (C=O) groups excluding carboxylic acids is 1. The van der Waals surface area contributed by atoms with Crippen molar-refractivity contribution >= 4 is 27.2 Å². The van der Waals surface area contributed by atoms with E-state index in [0.717, 1.165) is 10.7 Å². The first-order valence-corrected chi connectivity index (χ1v) is 10.1. The highest BCUT2D eigenvalue weighted by Gasteiger charge is 2.14. The molecule has 0 saturated carbocycles. The zero-order chi connectivity index (χ0) is 17.6. The fraction of sp³-hybridized carbons (Fsp3) is 0.375. The largest absolute Gasteiger partial charge is 0.338 e. The quantitative estimate of drug-likeness (QED) is 0.763. The molecule has 0 aliphatic heterocycles. The smallest absolute Gasteiger partial charge is 0.317 e. The Hall–Kier alpha value is -1.93. The van der Waals surface area contributed by atoms with Crippen molar-refractivity contribution in [2.75, 3.05) is 19.3 Å². The predicted octanol–water partition coefficient (Wildman–Crippen LogP) is 2.46. The summed E-state index contributed by atoms with van der Waals surface area (Å²) in [5.74, 6) is 0.00624. The van der Waals surface area contributed by atoms with Crippen molar-refractivity contribution < 1.29 is 13.2 Å². The summed E-state index contributed by atoms with van der Waals surface area (Å²) in [6.07, 6.45) is 0.368. The second kappa shape index (κ2) is 8.25. The average molecular weight is 367 g/mol. The van der Waals surface area contributed by atoms with Gasteiger partial charge in [0.15, 0.2) is 9.84 Å². The van der Waals surface area contributed by atoms with E-state index in [1.807, 2.05) is 12.3 Å². The number of rotatable bonds is 7. The molecule has 8 heteroatoms. The predicted molar refractivity (Wildman–Crippen MR) is 94.8 cm³/mol. The van der Waals surface area contributed by atoms with Gasteiger partial charge in [0.05, 0.1) is 27.9 Å². The van der Waals surface area contributed by atoms with Gasteiger partial charge in [-0.25, -0.2) is 18.2 Å². The van der Waals surface area contributed by atoms with Gasteiger partial charge in [0.2, 0.25) is 0 Å². The Balaban J connectivity index is 1.74. The summed E-state index contributed by atoms with van der Waals surface area (Å²) < 4.78 is 24.2. The van der Waals surface area contributed by atoms with Crippen molar-refractivity contribution in [2.24, 2.45) is 0 Å². The van der Waals surface area contributed by atoms with Gasteiger partial charge >= 0.3 is 6.03 Å². The molecule has 0 aliphatic rings. The Bertz CT molecular complexity index is 773. The fourth-order valence-electron chi connectivity index (χ4n) is 2.13. The van der Waals surface area contributed by atoms with Gasteiger partial charge in [0.25, 0.3) is 0 Å². The summed E-state index contributed by atoms with van der Waals surface area (Å²) in [6, 6.07) is 8.10. The summed E-state index contributed by atoms with van der Waals surface area (Å²) in [4.78, 5) is 18.1. The SMILES string of the molecule is Cc1nc(CN(C)C(=O)NCCCS(=O)(=O)c2ccccc2)cs1. The van der Waals surface area contributed by atoms with E-state index >= 15 is 0 Å². The number of benzene rings is 1. The van der Waals surface area contributed by atoms with Gasteiger partial charge in [0.1, 0.15) is 0 Å². The molecule has 1 aromatic heterocycles. The molecule has 6 nitrogen and oxygen atoms in total. The molecule has 0 atom stereocenters. The van der Waals surface area contributed by atoms with Crippen LogP contribution in [0.3, 0.4) is 0 Å². The van der Waals surface area contributed by atoms with E-state index in [-0.39, 0.29) is 11.8 Å². The minimum absolute atomic E-state index is 0.00624. The van der Waals surface area contributed by atoms with Crippen LogP contribution in [0.5, 0.6) is 0 Å². The lowest BCUT2D eigenvalue weighted by molar-refractivity contribution is 0.206. The summed E-state index contributed by atoms with van der Waals surface area (Å²) in [6.45, 7) is 2.66. The van der Waals surface area contributed by atoms with Crippen LogP contribution in [0.1, 0.15) is 17.1 Å². The molecule has 0 unspecified atom stereocenters. The van der Waals surface area contributed by atoms with E-state index in [9.17, 15) is 13.2 Å². The first kappa shape index (κ1) is 18.4. The molecule has 24 heavy (non-hydrogen) atoms. The Morgan fingerprint density at radius 3 is 2.62 bits per heavy atom. The van der Waals surface area contributed by atoms with E-state index in [4.69, 9.17) is 0 Å². The first-order chi connectivity index (χ1) is 11.4. The van der Waals surface area contributed by atoms with Crippen LogP contribution in [0.25, 0.3) is 0 Å². The number of hydrogen-bond acceptors (Lipinski definition) is 5. The number of urea groups is 1. The monoisotopic (exact) mass is 367 g/mol. The maximum absolute atomic E-state index is 12.1. The number of carbonyl (C=O) groups is 1. The highest BCUT2D eigenvalue weighted by atomic mass is 32.2. The van der Waals surface area contributed by atoms with Crippen molar-refractivity contribution in [1.82, 2.24) is 15.2 Å². The molecule has 0 radical (unpaired) electrons. The maximum atomic E-state index is 12.1. The lowest BCUT2D eigenvalue weighted by Gasteiger charge is -2.16. The maximum Gasteiger partial charge on any atom is 0.317 e. The molecule has 0 saturated heterocycles. The summed E-state index contributed by atoms with van der Waals surface area (Å²) in [7, 11) is -1.61. The summed E-state index contributed by atoms with van der Waals surface area (Å²) >= 11 is 1.54.